The van der Waals surface area contributed by atoms with E-state index in [1.807, 2.05) is 6.92 Å². The van der Waals surface area contributed by atoms with Gasteiger partial charge in [-0.3, -0.25) is 0 Å². The molecule has 1 unspecified atom stereocenters. The predicted molar refractivity (Wildman–Crippen MR) is 46.9 cm³/mol. The molecular formula is C8H17ClO2. The average Bonchev–Trinajstić information content (AvgIpc) is 1.97. The van der Waals surface area contributed by atoms with Crippen LogP contribution >= 0.6 is 11.6 Å². The second-order valence-electron chi connectivity index (χ2n) is 2.77. The van der Waals surface area contributed by atoms with Gasteiger partial charge in [0.2, 0.25) is 0 Å². The van der Waals surface area contributed by atoms with E-state index >= 15 is 0 Å². The Morgan fingerprint density at radius 2 is 1.91 bits per heavy atom. The monoisotopic (exact) mass is 180 g/mol. The molecule has 0 aromatic carbocycles. The Balaban J connectivity index is 3.35. The second kappa shape index (κ2) is 6.89. The Bertz CT molecular complexity index is 86.2. The van der Waals surface area contributed by atoms with Gasteiger partial charge in [0.15, 0.2) is 6.29 Å². The third kappa shape index (κ3) is 6.60. The highest BCUT2D eigenvalue weighted by Gasteiger charge is 2.06. The summed E-state index contributed by atoms with van der Waals surface area (Å²) in [4.78, 5) is 0. The van der Waals surface area contributed by atoms with Crippen molar-refractivity contribution in [3.05, 3.63) is 0 Å². The van der Waals surface area contributed by atoms with Crippen LogP contribution in [0.1, 0.15) is 20.8 Å². The van der Waals surface area contributed by atoms with Crippen molar-refractivity contribution in [2.75, 3.05) is 19.1 Å². The molecule has 0 aliphatic rings. The topological polar surface area (TPSA) is 18.5 Å². The van der Waals surface area contributed by atoms with Crippen LogP contribution in [0, 0.1) is 5.92 Å². The van der Waals surface area contributed by atoms with Crippen molar-refractivity contribution in [3.8, 4) is 0 Å². The maximum Gasteiger partial charge on any atom is 0.170 e. The van der Waals surface area contributed by atoms with Crippen LogP contribution < -0.4 is 0 Å². The van der Waals surface area contributed by atoms with Gasteiger partial charge in [-0.15, -0.1) is 11.6 Å². The summed E-state index contributed by atoms with van der Waals surface area (Å²) in [5.41, 5.74) is 0. The van der Waals surface area contributed by atoms with Gasteiger partial charge in [-0.1, -0.05) is 13.8 Å². The fraction of sp³-hybridized carbons (Fsp3) is 1.00. The number of hydrogen-bond acceptors (Lipinski definition) is 2. The highest BCUT2D eigenvalue weighted by atomic mass is 35.5. The molecule has 0 bridgehead atoms. The normalized spacial score (nSPS) is 13.9. The molecular weight excluding hydrogens is 164 g/mol. The van der Waals surface area contributed by atoms with E-state index in [1.165, 1.54) is 0 Å². The van der Waals surface area contributed by atoms with Gasteiger partial charge in [-0.25, -0.2) is 0 Å². The molecule has 3 heteroatoms. The minimum atomic E-state index is -0.232. The lowest BCUT2D eigenvalue weighted by atomic mass is 10.2. The summed E-state index contributed by atoms with van der Waals surface area (Å²) in [6, 6.07) is 0. The summed E-state index contributed by atoms with van der Waals surface area (Å²) in [5.74, 6) is 0.932. The molecule has 0 aliphatic carbocycles. The third-order valence-electron chi connectivity index (χ3n) is 1.09. The lowest BCUT2D eigenvalue weighted by Crippen LogP contribution is -2.21. The van der Waals surface area contributed by atoms with Crippen molar-refractivity contribution in [3.63, 3.8) is 0 Å². The predicted octanol–water partition coefficient (Wildman–Crippen LogP) is 2.26. The zero-order valence-corrected chi connectivity index (χ0v) is 8.23. The molecule has 0 aromatic rings. The van der Waals surface area contributed by atoms with Crippen LogP contribution in [0.15, 0.2) is 0 Å². The molecule has 0 saturated heterocycles. The molecule has 0 heterocycles. The molecule has 11 heavy (non-hydrogen) atoms. The van der Waals surface area contributed by atoms with Gasteiger partial charge < -0.3 is 9.47 Å². The number of ether oxygens (including phenoxy) is 2. The fourth-order valence-corrected chi connectivity index (χ4v) is 0.801. The Kier molecular flexibility index (Phi) is 7.02. The lowest BCUT2D eigenvalue weighted by molar-refractivity contribution is -0.130. The quantitative estimate of drug-likeness (QED) is 0.461. The van der Waals surface area contributed by atoms with E-state index in [9.17, 15) is 0 Å². The largest absolute Gasteiger partial charge is 0.352 e. The van der Waals surface area contributed by atoms with Crippen LogP contribution in [0.4, 0.5) is 0 Å². The van der Waals surface area contributed by atoms with Crippen LogP contribution in [0.5, 0.6) is 0 Å². The second-order valence-corrected chi connectivity index (χ2v) is 3.07. The van der Waals surface area contributed by atoms with E-state index < -0.39 is 0 Å². The van der Waals surface area contributed by atoms with Gasteiger partial charge in [0.25, 0.3) is 0 Å². The Labute approximate surface area is 73.8 Å². The van der Waals surface area contributed by atoms with Crippen LogP contribution in [0.2, 0.25) is 0 Å². The molecule has 0 N–H and O–H groups in total. The lowest BCUT2D eigenvalue weighted by Gasteiger charge is -2.15. The van der Waals surface area contributed by atoms with Crippen molar-refractivity contribution >= 4 is 11.6 Å². The minimum Gasteiger partial charge on any atom is -0.352 e. The van der Waals surface area contributed by atoms with E-state index in [1.54, 1.807) is 0 Å². The van der Waals surface area contributed by atoms with Gasteiger partial charge in [0.1, 0.15) is 0 Å². The zero-order chi connectivity index (χ0) is 8.69. The van der Waals surface area contributed by atoms with Crippen LogP contribution in [-0.2, 0) is 9.47 Å². The summed E-state index contributed by atoms with van der Waals surface area (Å²) >= 11 is 5.58. The molecule has 0 aliphatic heterocycles. The number of rotatable bonds is 6. The van der Waals surface area contributed by atoms with Gasteiger partial charge in [-0.2, -0.15) is 0 Å². The van der Waals surface area contributed by atoms with E-state index in [2.05, 4.69) is 13.8 Å². The average molecular weight is 181 g/mol. The van der Waals surface area contributed by atoms with Crippen LogP contribution in [0.25, 0.3) is 0 Å². The van der Waals surface area contributed by atoms with Crippen molar-refractivity contribution < 1.29 is 9.47 Å². The summed E-state index contributed by atoms with van der Waals surface area (Å²) < 4.78 is 10.5. The summed E-state index contributed by atoms with van der Waals surface area (Å²) in [5, 5.41) is 0. The molecule has 0 aromatic heterocycles. The maximum absolute atomic E-state index is 5.58. The highest BCUT2D eigenvalue weighted by Crippen LogP contribution is 2.01. The van der Waals surface area contributed by atoms with Crippen molar-refractivity contribution in [2.24, 2.45) is 5.92 Å². The molecule has 0 saturated carbocycles. The molecule has 0 spiro atoms. The summed E-state index contributed by atoms with van der Waals surface area (Å²) in [7, 11) is 0. The molecule has 2 nitrogen and oxygen atoms in total. The number of alkyl halides is 1. The van der Waals surface area contributed by atoms with Crippen molar-refractivity contribution in [1.29, 1.82) is 0 Å². The Morgan fingerprint density at radius 3 is 2.27 bits per heavy atom. The first-order chi connectivity index (χ1) is 5.20. The minimum absolute atomic E-state index is 0.232. The first-order valence-electron chi connectivity index (χ1n) is 3.99. The van der Waals surface area contributed by atoms with Crippen LogP contribution in [0.3, 0.4) is 0 Å². The van der Waals surface area contributed by atoms with Crippen molar-refractivity contribution in [1.82, 2.24) is 0 Å². The van der Waals surface area contributed by atoms with E-state index in [4.69, 9.17) is 21.1 Å². The van der Waals surface area contributed by atoms with E-state index in [-0.39, 0.29) is 6.29 Å². The van der Waals surface area contributed by atoms with Gasteiger partial charge in [0.05, 0.1) is 12.5 Å². The van der Waals surface area contributed by atoms with Gasteiger partial charge in [0, 0.05) is 6.61 Å². The molecule has 0 amide bonds. The summed E-state index contributed by atoms with van der Waals surface area (Å²) in [6.45, 7) is 7.47. The smallest absolute Gasteiger partial charge is 0.170 e. The van der Waals surface area contributed by atoms with Gasteiger partial charge >= 0.3 is 0 Å². The maximum atomic E-state index is 5.58. The number of halogens is 1. The third-order valence-corrected chi connectivity index (χ3v) is 1.35. The molecule has 0 radical (unpaired) electrons. The summed E-state index contributed by atoms with van der Waals surface area (Å²) in [6.07, 6.45) is -0.232. The molecule has 1 atom stereocenters. The van der Waals surface area contributed by atoms with Crippen molar-refractivity contribution in [2.45, 2.75) is 27.1 Å². The highest BCUT2D eigenvalue weighted by molar-refractivity contribution is 6.18. The van der Waals surface area contributed by atoms with E-state index in [0.717, 1.165) is 0 Å². The molecule has 0 rings (SSSR count). The molecule has 68 valence electrons. The first-order valence-corrected chi connectivity index (χ1v) is 4.53. The standard InChI is InChI=1S/C8H17ClO2/c1-4-10-8(5-9)11-6-7(2)3/h7-8H,4-6H2,1-3H3. The van der Waals surface area contributed by atoms with Gasteiger partial charge in [-0.05, 0) is 12.8 Å². The number of hydrogen-bond donors (Lipinski definition) is 0. The fourth-order valence-electron chi connectivity index (χ4n) is 0.623. The van der Waals surface area contributed by atoms with E-state index in [0.29, 0.717) is 25.0 Å². The zero-order valence-electron chi connectivity index (χ0n) is 7.47. The Morgan fingerprint density at radius 1 is 1.27 bits per heavy atom. The molecule has 0 fully saturated rings. The Hall–Kier alpha value is 0.210. The van der Waals surface area contributed by atoms with Crippen LogP contribution in [-0.4, -0.2) is 25.4 Å². The first kappa shape index (κ1) is 11.2. The SMILES string of the molecule is CCOC(CCl)OCC(C)C.